The first-order valence-electron chi connectivity index (χ1n) is 5.95. The number of hydrogen-bond acceptors (Lipinski definition) is 4. The predicted molar refractivity (Wildman–Crippen MR) is 69.8 cm³/mol. The summed E-state index contributed by atoms with van der Waals surface area (Å²) in [4.78, 5) is 23.7. The van der Waals surface area contributed by atoms with Gasteiger partial charge in [0.1, 0.15) is 6.61 Å². The van der Waals surface area contributed by atoms with Crippen molar-refractivity contribution < 1.29 is 19.1 Å². The summed E-state index contributed by atoms with van der Waals surface area (Å²) in [6.45, 7) is 11.0. The number of allylic oxidation sites excluding steroid dienone is 1. The first-order valence-corrected chi connectivity index (χ1v) is 5.95. The fraction of sp³-hybridized carbons (Fsp3) is 0.571. The van der Waals surface area contributed by atoms with Gasteiger partial charge >= 0.3 is 11.9 Å². The summed E-state index contributed by atoms with van der Waals surface area (Å²) in [5.74, 6) is -1.92. The minimum Gasteiger partial charge on any atom is -0.469 e. The van der Waals surface area contributed by atoms with Crippen LogP contribution in [0.15, 0.2) is 25.3 Å². The molecule has 0 saturated heterocycles. The van der Waals surface area contributed by atoms with E-state index in [1.165, 1.54) is 13.2 Å². The molecule has 102 valence electrons. The van der Waals surface area contributed by atoms with Gasteiger partial charge in [0.25, 0.3) is 0 Å². The van der Waals surface area contributed by atoms with Gasteiger partial charge in [-0.25, -0.2) is 0 Å². The number of esters is 2. The summed E-state index contributed by atoms with van der Waals surface area (Å²) in [6, 6.07) is 0. The van der Waals surface area contributed by atoms with Gasteiger partial charge in [-0.1, -0.05) is 32.6 Å². The second-order valence-electron chi connectivity index (χ2n) is 4.34. The number of methoxy groups -OCH3 is 1. The fourth-order valence-electron chi connectivity index (χ4n) is 1.86. The molecule has 0 amide bonds. The van der Waals surface area contributed by atoms with Crippen LogP contribution in [0.5, 0.6) is 0 Å². The molecule has 4 nitrogen and oxygen atoms in total. The zero-order chi connectivity index (χ0) is 14.1. The minimum absolute atomic E-state index is 0.0219. The van der Waals surface area contributed by atoms with Gasteiger partial charge in [0, 0.05) is 0 Å². The summed E-state index contributed by atoms with van der Waals surface area (Å²) in [6.07, 6.45) is 3.49. The minimum atomic E-state index is -0.551. The lowest BCUT2D eigenvalue weighted by molar-refractivity contribution is -0.160. The van der Waals surface area contributed by atoms with Crippen molar-refractivity contribution in [3.63, 3.8) is 0 Å². The van der Waals surface area contributed by atoms with Crippen molar-refractivity contribution in [2.45, 2.75) is 20.3 Å². The summed E-state index contributed by atoms with van der Waals surface area (Å²) >= 11 is 0. The highest BCUT2D eigenvalue weighted by atomic mass is 16.5. The van der Waals surface area contributed by atoms with Crippen LogP contribution >= 0.6 is 0 Å². The quantitative estimate of drug-likeness (QED) is 0.493. The number of rotatable bonds is 8. The molecule has 0 aromatic carbocycles. The van der Waals surface area contributed by atoms with E-state index < -0.39 is 23.8 Å². The van der Waals surface area contributed by atoms with Crippen LogP contribution in [0.2, 0.25) is 0 Å². The summed E-state index contributed by atoms with van der Waals surface area (Å²) in [5.41, 5.74) is 0. The van der Waals surface area contributed by atoms with Gasteiger partial charge in [-0.05, 0) is 12.3 Å². The van der Waals surface area contributed by atoms with E-state index >= 15 is 0 Å². The molecular formula is C14H22O4. The van der Waals surface area contributed by atoms with E-state index in [1.54, 1.807) is 6.08 Å². The lowest BCUT2D eigenvalue weighted by atomic mass is 9.81. The highest BCUT2D eigenvalue weighted by Crippen LogP contribution is 2.27. The molecule has 0 unspecified atom stereocenters. The zero-order valence-corrected chi connectivity index (χ0v) is 11.3. The SMILES string of the molecule is C=CCOC(=O)[C@H](C(C)C)[C@H](CC=C)C(=O)OC. The monoisotopic (exact) mass is 254 g/mol. The fourth-order valence-corrected chi connectivity index (χ4v) is 1.86. The van der Waals surface area contributed by atoms with Crippen molar-refractivity contribution in [3.8, 4) is 0 Å². The van der Waals surface area contributed by atoms with Crippen LogP contribution in [-0.4, -0.2) is 25.7 Å². The molecular weight excluding hydrogens is 232 g/mol. The van der Waals surface area contributed by atoms with E-state index in [4.69, 9.17) is 9.47 Å². The Kier molecular flexibility index (Phi) is 7.76. The number of carbonyl (C=O) groups is 2. The molecule has 0 aromatic rings. The molecule has 18 heavy (non-hydrogen) atoms. The van der Waals surface area contributed by atoms with Crippen molar-refractivity contribution in [2.75, 3.05) is 13.7 Å². The number of carbonyl (C=O) groups excluding carboxylic acids is 2. The Hall–Kier alpha value is -1.58. The molecule has 0 radical (unpaired) electrons. The van der Waals surface area contributed by atoms with Crippen LogP contribution in [0.1, 0.15) is 20.3 Å². The highest BCUT2D eigenvalue weighted by molar-refractivity contribution is 5.82. The standard InChI is InChI=1S/C14H22O4/c1-6-8-11(13(15)17-5)12(10(3)4)14(16)18-9-7-2/h6-7,10-12H,1-2,8-9H2,3-5H3/t11-,12+/m0/s1. The van der Waals surface area contributed by atoms with Gasteiger partial charge in [-0.3, -0.25) is 9.59 Å². The van der Waals surface area contributed by atoms with Crippen LogP contribution in [0, 0.1) is 17.8 Å². The van der Waals surface area contributed by atoms with Crippen LogP contribution in [0.3, 0.4) is 0 Å². The Morgan fingerprint density at radius 2 is 1.78 bits per heavy atom. The molecule has 0 bridgehead atoms. The molecule has 0 aliphatic rings. The average molecular weight is 254 g/mol. The Morgan fingerprint density at radius 3 is 2.17 bits per heavy atom. The van der Waals surface area contributed by atoms with E-state index in [9.17, 15) is 9.59 Å². The van der Waals surface area contributed by atoms with Crippen LogP contribution in [0.25, 0.3) is 0 Å². The van der Waals surface area contributed by atoms with Crippen molar-refractivity contribution >= 4 is 11.9 Å². The van der Waals surface area contributed by atoms with Gasteiger partial charge in [0.15, 0.2) is 0 Å². The Bertz CT molecular complexity index is 307. The normalized spacial score (nSPS) is 13.6. The average Bonchev–Trinajstić information content (AvgIpc) is 2.34. The van der Waals surface area contributed by atoms with Crippen molar-refractivity contribution in [1.82, 2.24) is 0 Å². The molecule has 0 fully saturated rings. The van der Waals surface area contributed by atoms with Crippen molar-refractivity contribution in [1.29, 1.82) is 0 Å². The first kappa shape index (κ1) is 16.4. The van der Waals surface area contributed by atoms with Crippen LogP contribution in [-0.2, 0) is 19.1 Å². The predicted octanol–water partition coefficient (Wildman–Crippen LogP) is 2.35. The Morgan fingerprint density at radius 1 is 1.17 bits per heavy atom. The van der Waals surface area contributed by atoms with E-state index in [-0.39, 0.29) is 12.5 Å². The number of hydrogen-bond donors (Lipinski definition) is 0. The molecule has 0 spiro atoms. The number of ether oxygens (including phenoxy) is 2. The summed E-state index contributed by atoms with van der Waals surface area (Å²) in [7, 11) is 1.31. The van der Waals surface area contributed by atoms with Crippen molar-refractivity contribution in [2.24, 2.45) is 17.8 Å². The molecule has 0 rings (SSSR count). The van der Waals surface area contributed by atoms with E-state index in [0.29, 0.717) is 6.42 Å². The van der Waals surface area contributed by atoms with Gasteiger partial charge in [-0.2, -0.15) is 0 Å². The van der Waals surface area contributed by atoms with Crippen LogP contribution < -0.4 is 0 Å². The molecule has 0 aliphatic carbocycles. The third-order valence-corrected chi connectivity index (χ3v) is 2.69. The van der Waals surface area contributed by atoms with E-state index in [1.807, 2.05) is 13.8 Å². The van der Waals surface area contributed by atoms with Gasteiger partial charge in [0.2, 0.25) is 0 Å². The molecule has 0 N–H and O–H groups in total. The van der Waals surface area contributed by atoms with Gasteiger partial charge in [-0.15, -0.1) is 6.58 Å². The maximum Gasteiger partial charge on any atom is 0.310 e. The van der Waals surface area contributed by atoms with E-state index in [0.717, 1.165) is 0 Å². The molecule has 4 heteroatoms. The largest absolute Gasteiger partial charge is 0.469 e. The smallest absolute Gasteiger partial charge is 0.310 e. The van der Waals surface area contributed by atoms with E-state index in [2.05, 4.69) is 13.2 Å². The molecule has 2 atom stereocenters. The van der Waals surface area contributed by atoms with Gasteiger partial charge in [0.05, 0.1) is 18.9 Å². The second-order valence-corrected chi connectivity index (χ2v) is 4.34. The third kappa shape index (κ3) is 4.73. The maximum atomic E-state index is 12.0. The topological polar surface area (TPSA) is 52.6 Å². The lowest BCUT2D eigenvalue weighted by Gasteiger charge is -2.25. The van der Waals surface area contributed by atoms with Crippen molar-refractivity contribution in [3.05, 3.63) is 25.3 Å². The third-order valence-electron chi connectivity index (χ3n) is 2.69. The van der Waals surface area contributed by atoms with Crippen LogP contribution in [0.4, 0.5) is 0 Å². The molecule has 0 heterocycles. The lowest BCUT2D eigenvalue weighted by Crippen LogP contribution is -2.35. The highest BCUT2D eigenvalue weighted by Gasteiger charge is 2.36. The molecule has 0 saturated carbocycles. The zero-order valence-electron chi connectivity index (χ0n) is 11.3. The first-order chi connectivity index (χ1) is 8.49. The van der Waals surface area contributed by atoms with Gasteiger partial charge < -0.3 is 9.47 Å². The second kappa shape index (κ2) is 8.50. The molecule has 0 aromatic heterocycles. The summed E-state index contributed by atoms with van der Waals surface area (Å²) < 4.78 is 9.77. The molecule has 0 aliphatic heterocycles. The maximum absolute atomic E-state index is 12.0. The summed E-state index contributed by atoms with van der Waals surface area (Å²) in [5, 5.41) is 0. The Balaban J connectivity index is 5.01. The Labute approximate surface area is 109 Å².